The van der Waals surface area contributed by atoms with Gasteiger partial charge in [-0.1, -0.05) is 54.6 Å². The van der Waals surface area contributed by atoms with Crippen molar-refractivity contribution in [3.63, 3.8) is 0 Å². The SMILES string of the molecule is C/C=C/C1CCC(c2ccc(-c3ccc(CCC4=CCC(C5CO5)C(F)=C4)cc3)c(F)c2F)CC1. The van der Waals surface area contributed by atoms with Crippen LogP contribution in [0.5, 0.6) is 0 Å². The third-order valence-corrected chi connectivity index (χ3v) is 7.88. The molecule has 4 heteroatoms. The van der Waals surface area contributed by atoms with Crippen LogP contribution < -0.4 is 0 Å². The fourth-order valence-corrected chi connectivity index (χ4v) is 5.66. The molecule has 5 rings (SSSR count). The second-order valence-electron chi connectivity index (χ2n) is 10.2. The number of benzene rings is 2. The molecule has 0 N–H and O–H groups in total. The first-order valence-electron chi connectivity index (χ1n) is 12.9. The van der Waals surface area contributed by atoms with Crippen LogP contribution in [0.15, 0.2) is 72.1 Å². The van der Waals surface area contributed by atoms with Gasteiger partial charge in [0.25, 0.3) is 0 Å². The summed E-state index contributed by atoms with van der Waals surface area (Å²) < 4.78 is 49.7. The molecule has 2 aliphatic carbocycles. The van der Waals surface area contributed by atoms with Gasteiger partial charge in [-0.05, 0) is 92.0 Å². The summed E-state index contributed by atoms with van der Waals surface area (Å²) in [5.74, 6) is -1.01. The molecule has 3 aliphatic rings. The van der Waals surface area contributed by atoms with E-state index >= 15 is 8.78 Å². The number of allylic oxidation sites excluding steroid dienone is 5. The highest BCUT2D eigenvalue weighted by molar-refractivity contribution is 5.65. The molecular formula is C31H33F3O. The topological polar surface area (TPSA) is 12.5 Å². The zero-order valence-electron chi connectivity index (χ0n) is 20.3. The zero-order chi connectivity index (χ0) is 24.4. The highest BCUT2D eigenvalue weighted by Gasteiger charge is 2.36. The Labute approximate surface area is 206 Å². The fraction of sp³-hybridized carbons (Fsp3) is 0.419. The van der Waals surface area contributed by atoms with E-state index in [0.717, 1.165) is 49.7 Å². The van der Waals surface area contributed by atoms with E-state index in [1.165, 1.54) is 0 Å². The molecule has 35 heavy (non-hydrogen) atoms. The largest absolute Gasteiger partial charge is 0.372 e. The van der Waals surface area contributed by atoms with Crippen molar-refractivity contribution in [1.82, 2.24) is 0 Å². The third kappa shape index (κ3) is 5.48. The molecule has 1 heterocycles. The number of rotatable bonds is 7. The summed E-state index contributed by atoms with van der Waals surface area (Å²) in [4.78, 5) is 0. The molecule has 2 aromatic carbocycles. The lowest BCUT2D eigenvalue weighted by Gasteiger charge is -2.27. The number of hydrogen-bond donors (Lipinski definition) is 0. The Morgan fingerprint density at radius 1 is 0.914 bits per heavy atom. The van der Waals surface area contributed by atoms with Gasteiger partial charge in [-0.25, -0.2) is 13.2 Å². The Bertz CT molecular complexity index is 1130. The van der Waals surface area contributed by atoms with Crippen LogP contribution in [0.3, 0.4) is 0 Å². The van der Waals surface area contributed by atoms with Crippen LogP contribution >= 0.6 is 0 Å². The van der Waals surface area contributed by atoms with Gasteiger partial charge in [-0.15, -0.1) is 0 Å². The molecule has 0 spiro atoms. The fourth-order valence-electron chi connectivity index (χ4n) is 5.66. The molecule has 1 saturated carbocycles. The summed E-state index contributed by atoms with van der Waals surface area (Å²) in [6, 6.07) is 11.1. The Hall–Kier alpha value is -2.59. The second kappa shape index (κ2) is 10.6. The average Bonchev–Trinajstić information content (AvgIpc) is 3.71. The van der Waals surface area contributed by atoms with E-state index in [-0.39, 0.29) is 23.8 Å². The standard InChI is InChI=1S/C31H33F3O/c1-2-3-20-6-11-23(12-7-20)25-16-17-26(31(34)30(25)33)24-13-8-21(9-14-24)4-5-22-10-15-27(28(32)18-22)29-19-35-29/h2-3,8-10,13-14,16-18,20,23,27,29H,4-7,11-12,15,19H2,1H3/b3-2+. The first-order chi connectivity index (χ1) is 17.0. The maximum Gasteiger partial charge on any atom is 0.166 e. The monoisotopic (exact) mass is 478 g/mol. The molecule has 0 amide bonds. The van der Waals surface area contributed by atoms with Crippen LogP contribution in [0.25, 0.3) is 11.1 Å². The van der Waals surface area contributed by atoms with Gasteiger partial charge >= 0.3 is 0 Å². The van der Waals surface area contributed by atoms with E-state index in [4.69, 9.17) is 4.74 Å². The molecule has 0 aromatic heterocycles. The van der Waals surface area contributed by atoms with Crippen molar-refractivity contribution in [1.29, 1.82) is 0 Å². The van der Waals surface area contributed by atoms with Crippen molar-refractivity contribution in [2.24, 2.45) is 11.8 Å². The summed E-state index contributed by atoms with van der Waals surface area (Å²) >= 11 is 0. The first-order valence-corrected chi connectivity index (χ1v) is 12.9. The number of epoxide rings is 1. The van der Waals surface area contributed by atoms with Gasteiger partial charge in [0.1, 0.15) is 5.83 Å². The maximum atomic E-state index is 15.1. The summed E-state index contributed by atoms with van der Waals surface area (Å²) in [6.45, 7) is 2.69. The smallest absolute Gasteiger partial charge is 0.166 e. The zero-order valence-corrected chi connectivity index (χ0v) is 20.3. The summed E-state index contributed by atoms with van der Waals surface area (Å²) in [7, 11) is 0. The number of hydrogen-bond acceptors (Lipinski definition) is 1. The van der Waals surface area contributed by atoms with Gasteiger partial charge in [-0.2, -0.15) is 0 Å². The molecular weight excluding hydrogens is 445 g/mol. The Balaban J connectivity index is 1.22. The lowest BCUT2D eigenvalue weighted by Crippen LogP contribution is -2.13. The summed E-state index contributed by atoms with van der Waals surface area (Å²) in [5.41, 5.74) is 3.58. The molecule has 2 atom stereocenters. The van der Waals surface area contributed by atoms with E-state index in [9.17, 15) is 4.39 Å². The van der Waals surface area contributed by atoms with Gasteiger partial charge < -0.3 is 4.74 Å². The van der Waals surface area contributed by atoms with Crippen molar-refractivity contribution in [3.05, 3.63) is 94.9 Å². The van der Waals surface area contributed by atoms with Crippen molar-refractivity contribution in [2.45, 2.75) is 63.9 Å². The Morgan fingerprint density at radius 3 is 2.31 bits per heavy atom. The van der Waals surface area contributed by atoms with Crippen molar-refractivity contribution in [3.8, 4) is 11.1 Å². The summed E-state index contributed by atoms with van der Waals surface area (Å²) in [6.07, 6.45) is 14.2. The molecule has 184 valence electrons. The highest BCUT2D eigenvalue weighted by atomic mass is 19.2. The molecule has 0 bridgehead atoms. The first kappa shape index (κ1) is 24.1. The Kier molecular flexibility index (Phi) is 7.29. The van der Waals surface area contributed by atoms with E-state index in [2.05, 4.69) is 18.2 Å². The van der Waals surface area contributed by atoms with Crippen molar-refractivity contribution >= 4 is 0 Å². The molecule has 1 saturated heterocycles. The molecule has 1 nitrogen and oxygen atoms in total. The van der Waals surface area contributed by atoms with Gasteiger partial charge in [0.05, 0.1) is 12.7 Å². The van der Waals surface area contributed by atoms with Crippen LogP contribution in [0.1, 0.15) is 62.5 Å². The minimum Gasteiger partial charge on any atom is -0.372 e. The lowest BCUT2D eigenvalue weighted by atomic mass is 9.78. The van der Waals surface area contributed by atoms with Gasteiger partial charge in [0, 0.05) is 11.5 Å². The van der Waals surface area contributed by atoms with Crippen LogP contribution in [-0.4, -0.2) is 12.7 Å². The van der Waals surface area contributed by atoms with Crippen LogP contribution in [0.4, 0.5) is 13.2 Å². The van der Waals surface area contributed by atoms with Crippen LogP contribution in [0, 0.1) is 23.5 Å². The molecule has 2 unspecified atom stereocenters. The van der Waals surface area contributed by atoms with Crippen molar-refractivity contribution in [2.75, 3.05) is 6.61 Å². The minimum absolute atomic E-state index is 0.0501. The number of halogens is 3. The van der Waals surface area contributed by atoms with Gasteiger partial charge in [0.2, 0.25) is 0 Å². The summed E-state index contributed by atoms with van der Waals surface area (Å²) in [5, 5.41) is 0. The van der Waals surface area contributed by atoms with Crippen LogP contribution in [-0.2, 0) is 11.2 Å². The van der Waals surface area contributed by atoms with E-state index in [1.807, 2.05) is 31.2 Å². The quantitative estimate of drug-likeness (QED) is 0.287. The second-order valence-corrected chi connectivity index (χ2v) is 10.2. The molecule has 1 aliphatic heterocycles. The minimum atomic E-state index is -0.756. The molecule has 2 fully saturated rings. The third-order valence-electron chi connectivity index (χ3n) is 7.88. The number of aryl methyl sites for hydroxylation is 1. The van der Waals surface area contributed by atoms with Crippen LogP contribution in [0.2, 0.25) is 0 Å². The van der Waals surface area contributed by atoms with E-state index in [0.29, 0.717) is 35.6 Å². The predicted octanol–water partition coefficient (Wildman–Crippen LogP) is 8.61. The normalized spacial score (nSPS) is 26.5. The van der Waals surface area contributed by atoms with E-state index < -0.39 is 11.6 Å². The average molecular weight is 479 g/mol. The maximum absolute atomic E-state index is 15.1. The Morgan fingerprint density at radius 2 is 1.66 bits per heavy atom. The molecule has 0 radical (unpaired) electrons. The van der Waals surface area contributed by atoms with E-state index in [1.54, 1.807) is 18.2 Å². The lowest BCUT2D eigenvalue weighted by molar-refractivity contribution is 0.321. The van der Waals surface area contributed by atoms with Crippen molar-refractivity contribution < 1.29 is 17.9 Å². The van der Waals surface area contributed by atoms with Gasteiger partial charge in [-0.3, -0.25) is 0 Å². The predicted molar refractivity (Wildman–Crippen MR) is 135 cm³/mol. The highest BCUT2D eigenvalue weighted by Crippen LogP contribution is 2.39. The number of ether oxygens (including phenoxy) is 1. The van der Waals surface area contributed by atoms with Gasteiger partial charge in [0.15, 0.2) is 11.6 Å². The molecule has 2 aromatic rings.